The lowest BCUT2D eigenvalue weighted by Crippen LogP contribution is -2.51. The van der Waals surface area contributed by atoms with Crippen LogP contribution >= 0.6 is 0 Å². The highest BCUT2D eigenvalue weighted by molar-refractivity contribution is 4.88. The van der Waals surface area contributed by atoms with Crippen LogP contribution in [0.2, 0.25) is 0 Å². The molecule has 1 heterocycles. The Bertz CT molecular complexity index is 254. The quantitative estimate of drug-likeness (QED) is 0.719. The number of nitrogens with zero attached hydrogens (tertiary/aromatic N) is 1. The molecule has 120 valence electrons. The van der Waals surface area contributed by atoms with Crippen molar-refractivity contribution in [2.75, 3.05) is 26.2 Å². The molecule has 0 radical (unpaired) electrons. The Morgan fingerprint density at radius 1 is 1.25 bits per heavy atom. The third kappa shape index (κ3) is 5.71. The molecule has 0 saturated carbocycles. The maximum atomic E-state index is 9.77. The van der Waals surface area contributed by atoms with Crippen molar-refractivity contribution in [2.45, 2.75) is 71.9 Å². The van der Waals surface area contributed by atoms with Gasteiger partial charge in [0.15, 0.2) is 0 Å². The zero-order valence-electron chi connectivity index (χ0n) is 14.3. The van der Waals surface area contributed by atoms with Gasteiger partial charge < -0.3 is 15.3 Å². The lowest BCUT2D eigenvalue weighted by molar-refractivity contribution is 0.112. The maximum absolute atomic E-state index is 9.77. The predicted molar refractivity (Wildman–Crippen MR) is 87.0 cm³/mol. The summed E-state index contributed by atoms with van der Waals surface area (Å²) < 4.78 is 0. The van der Waals surface area contributed by atoms with Gasteiger partial charge in [-0.15, -0.1) is 0 Å². The Morgan fingerprint density at radius 2 is 1.85 bits per heavy atom. The highest BCUT2D eigenvalue weighted by atomic mass is 16.3. The van der Waals surface area contributed by atoms with Crippen LogP contribution in [0.1, 0.15) is 60.3 Å². The zero-order chi connectivity index (χ0) is 15.2. The second-order valence-corrected chi connectivity index (χ2v) is 7.40. The van der Waals surface area contributed by atoms with Gasteiger partial charge in [0.25, 0.3) is 0 Å². The van der Waals surface area contributed by atoms with E-state index in [0.717, 1.165) is 24.7 Å². The van der Waals surface area contributed by atoms with Crippen molar-refractivity contribution >= 4 is 0 Å². The molecule has 3 heteroatoms. The van der Waals surface area contributed by atoms with Gasteiger partial charge in [-0.05, 0) is 44.1 Å². The van der Waals surface area contributed by atoms with Crippen molar-refractivity contribution in [3.05, 3.63) is 0 Å². The molecule has 1 fully saturated rings. The predicted octanol–water partition coefficient (Wildman–Crippen LogP) is 2.88. The van der Waals surface area contributed by atoms with Crippen LogP contribution < -0.4 is 5.32 Å². The van der Waals surface area contributed by atoms with Crippen molar-refractivity contribution in [3.63, 3.8) is 0 Å². The van der Waals surface area contributed by atoms with Crippen LogP contribution in [0.5, 0.6) is 0 Å². The molecule has 0 aromatic heterocycles. The number of likely N-dealkylation sites (tertiary alicyclic amines) is 1. The largest absolute Gasteiger partial charge is 0.394 e. The highest BCUT2D eigenvalue weighted by Crippen LogP contribution is 2.23. The molecule has 20 heavy (non-hydrogen) atoms. The molecule has 2 N–H and O–H groups in total. The van der Waals surface area contributed by atoms with Crippen molar-refractivity contribution in [1.82, 2.24) is 10.2 Å². The number of aliphatic hydroxyl groups excluding tert-OH is 1. The molecule has 0 aliphatic carbocycles. The third-order valence-corrected chi connectivity index (χ3v) is 4.65. The van der Waals surface area contributed by atoms with E-state index in [1.54, 1.807) is 0 Å². The minimum absolute atomic E-state index is 0.0822. The summed E-state index contributed by atoms with van der Waals surface area (Å²) in [5.74, 6) is 1.67. The number of nitrogens with one attached hydrogen (secondary N) is 1. The van der Waals surface area contributed by atoms with E-state index in [1.807, 2.05) is 0 Å². The lowest BCUT2D eigenvalue weighted by Gasteiger charge is -2.37. The van der Waals surface area contributed by atoms with Crippen molar-refractivity contribution in [1.29, 1.82) is 0 Å². The van der Waals surface area contributed by atoms with Crippen molar-refractivity contribution in [3.8, 4) is 0 Å². The molecule has 1 rings (SSSR count). The number of hydrogen-bond acceptors (Lipinski definition) is 3. The van der Waals surface area contributed by atoms with E-state index in [0.29, 0.717) is 6.04 Å². The first-order valence-corrected chi connectivity index (χ1v) is 8.51. The standard InChI is InChI=1S/C17H36N2O/c1-6-17(13-20,18-14(2)3)8-7-9-19-11-15(4)10-16(5)12-19/h14-16,18,20H,6-13H2,1-5H3. The van der Waals surface area contributed by atoms with Crippen LogP contribution in [-0.4, -0.2) is 47.8 Å². The van der Waals surface area contributed by atoms with E-state index in [2.05, 4.69) is 44.8 Å². The van der Waals surface area contributed by atoms with E-state index in [4.69, 9.17) is 0 Å². The van der Waals surface area contributed by atoms with Gasteiger partial charge in [-0.2, -0.15) is 0 Å². The Balaban J connectivity index is 2.40. The van der Waals surface area contributed by atoms with Crippen LogP contribution in [0.4, 0.5) is 0 Å². The molecule has 1 aliphatic rings. The molecular weight excluding hydrogens is 248 g/mol. The summed E-state index contributed by atoms with van der Waals surface area (Å²) in [6, 6.07) is 0.428. The van der Waals surface area contributed by atoms with Gasteiger partial charge in [-0.25, -0.2) is 0 Å². The van der Waals surface area contributed by atoms with Gasteiger partial charge in [0.2, 0.25) is 0 Å². The molecule has 0 bridgehead atoms. The molecule has 3 unspecified atom stereocenters. The Hall–Kier alpha value is -0.120. The topological polar surface area (TPSA) is 35.5 Å². The second kappa shape index (κ2) is 8.35. The van der Waals surface area contributed by atoms with E-state index in [-0.39, 0.29) is 12.1 Å². The van der Waals surface area contributed by atoms with E-state index in [9.17, 15) is 5.11 Å². The molecule has 3 atom stereocenters. The van der Waals surface area contributed by atoms with E-state index in [1.165, 1.54) is 32.5 Å². The molecule has 0 aromatic carbocycles. The van der Waals surface area contributed by atoms with Crippen LogP contribution in [0.3, 0.4) is 0 Å². The average Bonchev–Trinajstić information content (AvgIpc) is 2.36. The fourth-order valence-electron chi connectivity index (χ4n) is 3.82. The summed E-state index contributed by atoms with van der Waals surface area (Å²) in [6.07, 6.45) is 4.61. The summed E-state index contributed by atoms with van der Waals surface area (Å²) in [5.41, 5.74) is -0.0822. The van der Waals surface area contributed by atoms with Crippen molar-refractivity contribution < 1.29 is 5.11 Å². The molecule has 0 spiro atoms. The van der Waals surface area contributed by atoms with Gasteiger partial charge in [0.05, 0.1) is 6.61 Å². The van der Waals surface area contributed by atoms with Gasteiger partial charge in [-0.3, -0.25) is 0 Å². The first-order chi connectivity index (χ1) is 9.40. The Labute approximate surface area is 126 Å². The minimum atomic E-state index is -0.0822. The molecule has 0 aromatic rings. The summed E-state index contributed by atoms with van der Waals surface area (Å²) in [4.78, 5) is 2.62. The zero-order valence-corrected chi connectivity index (χ0v) is 14.3. The summed E-state index contributed by atoms with van der Waals surface area (Å²) in [7, 11) is 0. The molecule has 0 amide bonds. The van der Waals surface area contributed by atoms with Gasteiger partial charge >= 0.3 is 0 Å². The Morgan fingerprint density at radius 3 is 2.30 bits per heavy atom. The smallest absolute Gasteiger partial charge is 0.0613 e. The number of hydrogen-bond donors (Lipinski definition) is 2. The third-order valence-electron chi connectivity index (χ3n) is 4.65. The SMILES string of the molecule is CCC(CO)(CCCN1CC(C)CC(C)C1)NC(C)C. The lowest BCUT2D eigenvalue weighted by atomic mass is 9.89. The van der Waals surface area contributed by atoms with Gasteiger partial charge in [0.1, 0.15) is 0 Å². The van der Waals surface area contributed by atoms with Crippen molar-refractivity contribution in [2.24, 2.45) is 11.8 Å². The summed E-state index contributed by atoms with van der Waals surface area (Å²) in [5, 5.41) is 13.3. The van der Waals surface area contributed by atoms with E-state index < -0.39 is 0 Å². The van der Waals surface area contributed by atoms with Crippen LogP contribution in [0.25, 0.3) is 0 Å². The van der Waals surface area contributed by atoms with Gasteiger partial charge in [-0.1, -0.05) is 34.6 Å². The molecule has 3 nitrogen and oxygen atoms in total. The second-order valence-electron chi connectivity index (χ2n) is 7.40. The first kappa shape index (κ1) is 17.9. The molecule has 1 saturated heterocycles. The number of aliphatic hydroxyl groups is 1. The Kier molecular flexibility index (Phi) is 7.49. The van der Waals surface area contributed by atoms with Gasteiger partial charge in [0, 0.05) is 24.7 Å². The van der Waals surface area contributed by atoms with Crippen LogP contribution in [0, 0.1) is 11.8 Å². The summed E-state index contributed by atoms with van der Waals surface area (Å²) >= 11 is 0. The average molecular weight is 284 g/mol. The fourth-order valence-corrected chi connectivity index (χ4v) is 3.82. The van der Waals surface area contributed by atoms with E-state index >= 15 is 0 Å². The molecule has 1 aliphatic heterocycles. The normalized spacial score (nSPS) is 27.8. The molecular formula is C17H36N2O. The summed E-state index contributed by atoms with van der Waals surface area (Å²) in [6.45, 7) is 15.2. The minimum Gasteiger partial charge on any atom is -0.394 e. The highest BCUT2D eigenvalue weighted by Gasteiger charge is 2.28. The number of rotatable bonds is 8. The monoisotopic (exact) mass is 284 g/mol. The van der Waals surface area contributed by atoms with Crippen LogP contribution in [-0.2, 0) is 0 Å². The first-order valence-electron chi connectivity index (χ1n) is 8.51. The van der Waals surface area contributed by atoms with Crippen LogP contribution in [0.15, 0.2) is 0 Å². The number of piperidine rings is 1. The fraction of sp³-hybridized carbons (Fsp3) is 1.00. The maximum Gasteiger partial charge on any atom is 0.0613 e.